The van der Waals surface area contributed by atoms with Crippen molar-refractivity contribution in [3.05, 3.63) is 21.9 Å². The van der Waals surface area contributed by atoms with Gasteiger partial charge in [-0.1, -0.05) is 0 Å². The number of rotatable bonds is 3. The van der Waals surface area contributed by atoms with Crippen LogP contribution in [0.5, 0.6) is 0 Å². The fourth-order valence-electron chi connectivity index (χ4n) is 0.664. The summed E-state index contributed by atoms with van der Waals surface area (Å²) in [6, 6.07) is 3.85. The first-order valence-corrected chi connectivity index (χ1v) is 4.37. The van der Waals surface area contributed by atoms with Crippen LogP contribution in [0.15, 0.2) is 18.3 Å². The molecule has 0 aliphatic rings. The fourth-order valence-corrected chi connectivity index (χ4v) is 0.983. The Hall–Kier alpha value is -0.360. The molecule has 11 heavy (non-hydrogen) atoms. The summed E-state index contributed by atoms with van der Waals surface area (Å²) in [7, 11) is 0. The van der Waals surface area contributed by atoms with Crippen LogP contribution in [0.3, 0.4) is 0 Å². The Morgan fingerprint density at radius 3 is 2.91 bits per heavy atom. The van der Waals surface area contributed by atoms with E-state index < -0.39 is 0 Å². The second kappa shape index (κ2) is 4.50. The van der Waals surface area contributed by atoms with Crippen molar-refractivity contribution in [2.75, 3.05) is 18.5 Å². The zero-order valence-corrected chi connectivity index (χ0v) is 8.08. The van der Waals surface area contributed by atoms with Crippen molar-refractivity contribution in [1.82, 2.24) is 4.98 Å². The highest BCUT2D eigenvalue weighted by Gasteiger charge is 1.90. The number of nitrogens with one attached hydrogen (secondary N) is 1. The molecule has 0 amide bonds. The van der Waals surface area contributed by atoms with Gasteiger partial charge in [0.25, 0.3) is 0 Å². The molecule has 1 rings (SSSR count). The zero-order valence-electron chi connectivity index (χ0n) is 5.92. The number of aliphatic hydroxyl groups is 1. The molecular weight excluding hydrogens is 255 g/mol. The van der Waals surface area contributed by atoms with Gasteiger partial charge in [0.15, 0.2) is 0 Å². The molecule has 4 heteroatoms. The standard InChI is InChI=1S/C7H9IN2O/c8-6-1-2-7(10-5-6)9-3-4-11/h1-2,5,11H,3-4H2,(H,9,10). The molecule has 0 fully saturated rings. The van der Waals surface area contributed by atoms with Crippen molar-refractivity contribution in [1.29, 1.82) is 0 Å². The van der Waals surface area contributed by atoms with E-state index in [4.69, 9.17) is 5.11 Å². The molecule has 1 aromatic heterocycles. The Balaban J connectivity index is 2.52. The van der Waals surface area contributed by atoms with Gasteiger partial charge in [-0.05, 0) is 34.7 Å². The third-order valence-corrected chi connectivity index (χ3v) is 1.78. The van der Waals surface area contributed by atoms with Crippen LogP contribution in [0.2, 0.25) is 0 Å². The molecule has 0 spiro atoms. The molecule has 0 atom stereocenters. The number of hydrogen-bond donors (Lipinski definition) is 2. The number of hydrogen-bond acceptors (Lipinski definition) is 3. The van der Waals surface area contributed by atoms with Crippen LogP contribution in [0.25, 0.3) is 0 Å². The normalized spacial score (nSPS) is 9.64. The van der Waals surface area contributed by atoms with Gasteiger partial charge in [-0.2, -0.15) is 0 Å². The van der Waals surface area contributed by atoms with Gasteiger partial charge in [-0.15, -0.1) is 0 Å². The van der Waals surface area contributed by atoms with Crippen LogP contribution in [0.4, 0.5) is 5.82 Å². The SMILES string of the molecule is OCCNc1ccc(I)cn1. The Morgan fingerprint density at radius 2 is 2.36 bits per heavy atom. The van der Waals surface area contributed by atoms with Gasteiger partial charge >= 0.3 is 0 Å². The molecule has 60 valence electrons. The first kappa shape index (κ1) is 8.73. The summed E-state index contributed by atoms with van der Waals surface area (Å²) in [5, 5.41) is 11.4. The third kappa shape index (κ3) is 3.02. The third-order valence-electron chi connectivity index (χ3n) is 1.15. The van der Waals surface area contributed by atoms with E-state index in [2.05, 4.69) is 32.9 Å². The highest BCUT2D eigenvalue weighted by Crippen LogP contribution is 2.05. The molecule has 0 aromatic carbocycles. The predicted molar refractivity (Wildman–Crippen MR) is 52.5 cm³/mol. The quantitative estimate of drug-likeness (QED) is 0.803. The van der Waals surface area contributed by atoms with E-state index in [0.717, 1.165) is 9.39 Å². The van der Waals surface area contributed by atoms with Gasteiger partial charge < -0.3 is 10.4 Å². The first-order valence-electron chi connectivity index (χ1n) is 3.29. The van der Waals surface area contributed by atoms with E-state index in [0.29, 0.717) is 6.54 Å². The summed E-state index contributed by atoms with van der Waals surface area (Å²) in [6.45, 7) is 0.682. The Labute approximate surface area is 79.0 Å². The van der Waals surface area contributed by atoms with Gasteiger partial charge in [-0.3, -0.25) is 0 Å². The molecule has 0 bridgehead atoms. The summed E-state index contributed by atoms with van der Waals surface area (Å²) < 4.78 is 1.11. The maximum absolute atomic E-state index is 8.49. The molecule has 0 saturated heterocycles. The first-order chi connectivity index (χ1) is 5.33. The van der Waals surface area contributed by atoms with Gasteiger partial charge in [0, 0.05) is 16.3 Å². The highest BCUT2D eigenvalue weighted by molar-refractivity contribution is 14.1. The predicted octanol–water partition coefficient (Wildman–Crippen LogP) is 1.09. The number of aliphatic hydroxyl groups excluding tert-OH is 1. The molecule has 1 aromatic rings. The Kier molecular flexibility index (Phi) is 3.58. The maximum atomic E-state index is 8.49. The summed E-state index contributed by atoms with van der Waals surface area (Å²) in [5.74, 6) is 0.805. The van der Waals surface area contributed by atoms with E-state index in [9.17, 15) is 0 Å². The van der Waals surface area contributed by atoms with Crippen molar-refractivity contribution in [2.24, 2.45) is 0 Å². The van der Waals surface area contributed by atoms with E-state index in [1.807, 2.05) is 12.1 Å². The Morgan fingerprint density at radius 1 is 1.55 bits per heavy atom. The lowest BCUT2D eigenvalue weighted by atomic mass is 10.4. The highest BCUT2D eigenvalue weighted by atomic mass is 127. The van der Waals surface area contributed by atoms with Crippen LogP contribution < -0.4 is 5.32 Å². The summed E-state index contributed by atoms with van der Waals surface area (Å²) in [5.41, 5.74) is 0. The molecule has 3 nitrogen and oxygen atoms in total. The summed E-state index contributed by atoms with van der Waals surface area (Å²) in [6.07, 6.45) is 1.78. The maximum Gasteiger partial charge on any atom is 0.126 e. The zero-order chi connectivity index (χ0) is 8.10. The van der Waals surface area contributed by atoms with E-state index in [1.165, 1.54) is 0 Å². The van der Waals surface area contributed by atoms with Crippen LogP contribution in [0, 0.1) is 3.57 Å². The second-order valence-corrected chi connectivity index (χ2v) is 3.26. The largest absolute Gasteiger partial charge is 0.395 e. The van der Waals surface area contributed by atoms with Crippen LogP contribution in [-0.2, 0) is 0 Å². The lowest BCUT2D eigenvalue weighted by molar-refractivity contribution is 0.311. The van der Waals surface area contributed by atoms with E-state index >= 15 is 0 Å². The smallest absolute Gasteiger partial charge is 0.126 e. The topological polar surface area (TPSA) is 45.1 Å². The molecule has 0 radical (unpaired) electrons. The van der Waals surface area contributed by atoms with E-state index in [1.54, 1.807) is 6.20 Å². The molecule has 0 saturated carbocycles. The van der Waals surface area contributed by atoms with Crippen LogP contribution in [0.1, 0.15) is 0 Å². The number of pyridine rings is 1. The van der Waals surface area contributed by atoms with Crippen LogP contribution in [-0.4, -0.2) is 23.2 Å². The molecule has 0 aliphatic heterocycles. The van der Waals surface area contributed by atoms with Crippen LogP contribution >= 0.6 is 22.6 Å². The average Bonchev–Trinajstić information content (AvgIpc) is 2.04. The van der Waals surface area contributed by atoms with Crippen molar-refractivity contribution in [3.8, 4) is 0 Å². The van der Waals surface area contributed by atoms with Gasteiger partial charge in [-0.25, -0.2) is 4.98 Å². The van der Waals surface area contributed by atoms with Crippen molar-refractivity contribution >= 4 is 28.4 Å². The number of anilines is 1. The monoisotopic (exact) mass is 264 g/mol. The number of nitrogens with zero attached hydrogens (tertiary/aromatic N) is 1. The molecule has 1 heterocycles. The lowest BCUT2D eigenvalue weighted by Gasteiger charge is -2.01. The Bertz CT molecular complexity index is 212. The minimum atomic E-state index is 0.133. The van der Waals surface area contributed by atoms with Crippen molar-refractivity contribution < 1.29 is 5.11 Å². The van der Waals surface area contributed by atoms with E-state index in [-0.39, 0.29) is 6.61 Å². The minimum Gasteiger partial charge on any atom is -0.395 e. The summed E-state index contributed by atoms with van der Waals surface area (Å²) in [4.78, 5) is 4.09. The summed E-state index contributed by atoms with van der Waals surface area (Å²) >= 11 is 2.19. The molecular formula is C7H9IN2O. The average molecular weight is 264 g/mol. The van der Waals surface area contributed by atoms with Gasteiger partial charge in [0.05, 0.1) is 6.61 Å². The van der Waals surface area contributed by atoms with Gasteiger partial charge in [0.2, 0.25) is 0 Å². The fraction of sp³-hybridized carbons (Fsp3) is 0.286. The molecule has 0 unspecified atom stereocenters. The van der Waals surface area contributed by atoms with Crippen molar-refractivity contribution in [2.45, 2.75) is 0 Å². The van der Waals surface area contributed by atoms with Crippen molar-refractivity contribution in [3.63, 3.8) is 0 Å². The second-order valence-electron chi connectivity index (χ2n) is 2.01. The molecule has 0 aliphatic carbocycles. The van der Waals surface area contributed by atoms with Gasteiger partial charge in [0.1, 0.15) is 5.82 Å². The molecule has 2 N–H and O–H groups in total. The lowest BCUT2D eigenvalue weighted by Crippen LogP contribution is -2.06. The number of halogens is 1. The number of aromatic nitrogens is 1. The minimum absolute atomic E-state index is 0.133.